The fraction of sp³-hybridized carbons (Fsp3) is 0.600. The van der Waals surface area contributed by atoms with Gasteiger partial charge in [0.15, 0.2) is 6.19 Å². The minimum atomic E-state index is 0.233. The molecule has 0 unspecified atom stereocenters. The average Bonchev–Trinajstić information content (AvgIpc) is 1.98. The predicted molar refractivity (Wildman–Crippen MR) is 43.7 cm³/mol. The van der Waals surface area contributed by atoms with Crippen LogP contribution in [0, 0.1) is 11.5 Å². The van der Waals surface area contributed by atoms with E-state index < -0.39 is 0 Å². The van der Waals surface area contributed by atoms with Crippen LogP contribution < -0.4 is 5.73 Å². The molecule has 10 heavy (non-hydrogen) atoms. The Hall–Kier alpha value is -0.890. The summed E-state index contributed by atoms with van der Waals surface area (Å²) in [7, 11) is 1.55. The van der Waals surface area contributed by atoms with Crippen molar-refractivity contribution in [1.29, 1.82) is 5.26 Å². The molecule has 0 aromatic rings. The van der Waals surface area contributed by atoms with Crippen LogP contribution in [0.1, 0.15) is 0 Å². The lowest BCUT2D eigenvalue weighted by atomic mass is 10.7. The van der Waals surface area contributed by atoms with Crippen LogP contribution >= 0.6 is 12.6 Å². The van der Waals surface area contributed by atoms with E-state index in [-0.39, 0.29) is 5.96 Å². The number of rotatable bonds is 2. The Morgan fingerprint density at radius 2 is 2.50 bits per heavy atom. The van der Waals surface area contributed by atoms with Gasteiger partial charge in [0.05, 0.1) is 6.54 Å². The summed E-state index contributed by atoms with van der Waals surface area (Å²) in [6, 6.07) is 0. The number of nitrogens with two attached hydrogens (primary N) is 1. The van der Waals surface area contributed by atoms with E-state index in [2.05, 4.69) is 17.6 Å². The van der Waals surface area contributed by atoms with Gasteiger partial charge in [-0.05, 0) is 0 Å². The maximum absolute atomic E-state index is 8.30. The van der Waals surface area contributed by atoms with Crippen molar-refractivity contribution in [3.05, 3.63) is 0 Å². The Labute approximate surface area is 65.7 Å². The lowest BCUT2D eigenvalue weighted by molar-refractivity contribution is 0.695. The molecule has 0 aliphatic heterocycles. The molecular weight excluding hydrogens is 148 g/mol. The van der Waals surface area contributed by atoms with Gasteiger partial charge in [0.1, 0.15) is 0 Å². The van der Waals surface area contributed by atoms with E-state index in [9.17, 15) is 0 Å². The molecule has 0 heterocycles. The van der Waals surface area contributed by atoms with Gasteiger partial charge in [-0.3, -0.25) is 9.89 Å². The number of nitriles is 1. The average molecular weight is 158 g/mol. The quantitative estimate of drug-likeness (QED) is 0.190. The number of guanidine groups is 1. The van der Waals surface area contributed by atoms with Crippen molar-refractivity contribution >= 4 is 18.6 Å². The van der Waals surface area contributed by atoms with Crippen LogP contribution in [-0.2, 0) is 0 Å². The van der Waals surface area contributed by atoms with Crippen molar-refractivity contribution in [3.63, 3.8) is 0 Å². The highest BCUT2D eigenvalue weighted by Crippen LogP contribution is 1.80. The van der Waals surface area contributed by atoms with Gasteiger partial charge in [-0.25, -0.2) is 0 Å². The predicted octanol–water partition coefficient (Wildman–Crippen LogP) is -0.356. The van der Waals surface area contributed by atoms with Crippen molar-refractivity contribution in [3.8, 4) is 6.19 Å². The van der Waals surface area contributed by atoms with Crippen molar-refractivity contribution in [2.75, 3.05) is 19.3 Å². The summed E-state index contributed by atoms with van der Waals surface area (Å²) < 4.78 is 0. The summed E-state index contributed by atoms with van der Waals surface area (Å²) in [6.07, 6.45) is 1.83. The van der Waals surface area contributed by atoms with Gasteiger partial charge in [-0.2, -0.15) is 17.9 Å². The third-order valence-corrected chi connectivity index (χ3v) is 1.07. The summed E-state index contributed by atoms with van der Waals surface area (Å²) in [5.41, 5.74) is 5.33. The Kier molecular flexibility index (Phi) is 4.50. The molecule has 0 atom stereocenters. The molecule has 5 heteroatoms. The molecule has 0 rings (SSSR count). The molecule has 4 nitrogen and oxygen atoms in total. The summed E-state index contributed by atoms with van der Waals surface area (Å²) in [5, 5.41) is 8.30. The zero-order valence-electron chi connectivity index (χ0n) is 5.78. The molecule has 0 fully saturated rings. The fourth-order valence-electron chi connectivity index (χ4n) is 0.322. The summed E-state index contributed by atoms with van der Waals surface area (Å²) in [6.45, 7) is 0.543. The minimum absolute atomic E-state index is 0.233. The molecule has 0 spiro atoms. The van der Waals surface area contributed by atoms with Crippen LogP contribution in [0.2, 0.25) is 0 Å². The van der Waals surface area contributed by atoms with E-state index in [0.29, 0.717) is 12.3 Å². The molecule has 0 radical (unpaired) electrons. The first kappa shape index (κ1) is 9.11. The van der Waals surface area contributed by atoms with Gasteiger partial charge in [0, 0.05) is 12.8 Å². The van der Waals surface area contributed by atoms with Crippen molar-refractivity contribution in [2.45, 2.75) is 0 Å². The molecule has 0 amide bonds. The Balaban J connectivity index is 3.82. The molecule has 0 saturated heterocycles. The monoisotopic (exact) mass is 158 g/mol. The molecule has 0 bridgehead atoms. The maximum Gasteiger partial charge on any atom is 0.204 e. The first-order valence-electron chi connectivity index (χ1n) is 2.76. The molecule has 56 valence electrons. The zero-order valence-corrected chi connectivity index (χ0v) is 6.67. The minimum Gasteiger partial charge on any atom is -0.369 e. The van der Waals surface area contributed by atoms with Crippen LogP contribution in [0.15, 0.2) is 4.99 Å². The summed E-state index contributed by atoms with van der Waals surface area (Å²) >= 11 is 3.93. The molecule has 0 saturated carbocycles. The molecule has 0 aliphatic carbocycles. The third-order valence-electron chi connectivity index (χ3n) is 0.867. The summed E-state index contributed by atoms with van der Waals surface area (Å²) in [5.74, 6) is 0.872. The largest absolute Gasteiger partial charge is 0.369 e. The van der Waals surface area contributed by atoms with Crippen molar-refractivity contribution < 1.29 is 0 Å². The van der Waals surface area contributed by atoms with Crippen LogP contribution in [0.25, 0.3) is 0 Å². The highest BCUT2D eigenvalue weighted by atomic mass is 32.1. The Morgan fingerprint density at radius 1 is 1.90 bits per heavy atom. The fourth-order valence-corrected chi connectivity index (χ4v) is 0.422. The van der Waals surface area contributed by atoms with Crippen LogP contribution in [0.5, 0.6) is 0 Å². The standard InChI is InChI=1S/C5H10N4S/c1-9(4-6)5(7)8-2-3-10/h10H,2-3H2,1H3,(H2,7,8). The van der Waals surface area contributed by atoms with Gasteiger partial charge < -0.3 is 5.73 Å². The van der Waals surface area contributed by atoms with Gasteiger partial charge in [0.25, 0.3) is 0 Å². The lowest BCUT2D eigenvalue weighted by Crippen LogP contribution is -2.30. The van der Waals surface area contributed by atoms with E-state index in [1.807, 2.05) is 6.19 Å². The number of hydrogen-bond donors (Lipinski definition) is 2. The molecular formula is C5H10N4S. The van der Waals surface area contributed by atoms with E-state index in [1.165, 1.54) is 4.90 Å². The molecule has 0 aliphatic rings. The van der Waals surface area contributed by atoms with Crippen molar-refractivity contribution in [2.24, 2.45) is 10.7 Å². The van der Waals surface area contributed by atoms with Crippen LogP contribution in [0.3, 0.4) is 0 Å². The SMILES string of the molecule is CN(C#N)C(N)=NCCS. The molecule has 0 aromatic carbocycles. The lowest BCUT2D eigenvalue weighted by Gasteiger charge is -2.05. The van der Waals surface area contributed by atoms with E-state index in [0.717, 1.165) is 0 Å². The first-order valence-corrected chi connectivity index (χ1v) is 3.40. The van der Waals surface area contributed by atoms with E-state index in [4.69, 9.17) is 11.0 Å². The number of thiol groups is 1. The maximum atomic E-state index is 8.30. The van der Waals surface area contributed by atoms with E-state index >= 15 is 0 Å². The highest BCUT2D eigenvalue weighted by molar-refractivity contribution is 7.80. The normalized spacial score (nSPS) is 10.7. The topological polar surface area (TPSA) is 65.4 Å². The van der Waals surface area contributed by atoms with Crippen LogP contribution in [0.4, 0.5) is 0 Å². The highest BCUT2D eigenvalue weighted by Gasteiger charge is 1.95. The smallest absolute Gasteiger partial charge is 0.204 e. The molecule has 2 N–H and O–H groups in total. The number of aliphatic imine (C=N–C) groups is 1. The number of nitrogens with zero attached hydrogens (tertiary/aromatic N) is 3. The van der Waals surface area contributed by atoms with Gasteiger partial charge in [0.2, 0.25) is 5.96 Å². The second kappa shape index (κ2) is 4.94. The zero-order chi connectivity index (χ0) is 7.98. The van der Waals surface area contributed by atoms with Gasteiger partial charge in [-0.1, -0.05) is 0 Å². The van der Waals surface area contributed by atoms with Gasteiger partial charge in [-0.15, -0.1) is 0 Å². The van der Waals surface area contributed by atoms with Crippen LogP contribution in [-0.4, -0.2) is 30.2 Å². The Bertz CT molecular complexity index is 160. The van der Waals surface area contributed by atoms with Gasteiger partial charge >= 0.3 is 0 Å². The van der Waals surface area contributed by atoms with E-state index in [1.54, 1.807) is 7.05 Å². The number of hydrogen-bond acceptors (Lipinski definition) is 3. The second-order valence-electron chi connectivity index (χ2n) is 1.62. The Morgan fingerprint density at radius 3 is 2.90 bits per heavy atom. The third kappa shape index (κ3) is 3.20. The second-order valence-corrected chi connectivity index (χ2v) is 2.07. The summed E-state index contributed by atoms with van der Waals surface area (Å²) in [4.78, 5) is 5.03. The first-order chi connectivity index (χ1) is 4.72. The molecule has 0 aromatic heterocycles. The van der Waals surface area contributed by atoms with Crippen molar-refractivity contribution in [1.82, 2.24) is 4.90 Å².